The number of aromatic nitrogens is 2. The van der Waals surface area contributed by atoms with Crippen LogP contribution in [0.5, 0.6) is 0 Å². The molecule has 7 nitrogen and oxygen atoms in total. The Kier molecular flexibility index (Phi) is 10.7. The lowest BCUT2D eigenvalue weighted by atomic mass is 10.0. The summed E-state index contributed by atoms with van der Waals surface area (Å²) in [6.07, 6.45) is 8.01. The first kappa shape index (κ1) is 23.7. The van der Waals surface area contributed by atoms with Gasteiger partial charge in [0, 0.05) is 57.6 Å². The average Bonchev–Trinajstić information content (AvgIpc) is 3.05. The third-order valence-electron chi connectivity index (χ3n) is 4.91. The number of hydrogen-bond acceptors (Lipinski definition) is 3. The summed E-state index contributed by atoms with van der Waals surface area (Å²) in [6.45, 7) is 9.52. The van der Waals surface area contributed by atoms with Gasteiger partial charge in [-0.25, -0.2) is 4.98 Å². The van der Waals surface area contributed by atoms with E-state index in [9.17, 15) is 4.79 Å². The summed E-state index contributed by atoms with van der Waals surface area (Å²) in [7, 11) is 1.81. The first-order valence-electron chi connectivity index (χ1n) is 9.75. The molecule has 0 aromatic carbocycles. The molecule has 0 atom stereocenters. The summed E-state index contributed by atoms with van der Waals surface area (Å²) in [4.78, 5) is 22.6. The summed E-state index contributed by atoms with van der Waals surface area (Å²) in [5.74, 6) is 2.27. The smallest absolute Gasteiger partial charge is 0.225 e. The summed E-state index contributed by atoms with van der Waals surface area (Å²) in [5, 5.41) is 6.89. The van der Waals surface area contributed by atoms with Crippen LogP contribution in [0.4, 0.5) is 0 Å². The Labute approximate surface area is 180 Å². The van der Waals surface area contributed by atoms with Crippen molar-refractivity contribution in [3.05, 3.63) is 18.2 Å². The lowest BCUT2D eigenvalue weighted by molar-refractivity contribution is -0.135. The van der Waals surface area contributed by atoms with Crippen LogP contribution in [0.15, 0.2) is 17.4 Å². The molecule has 0 saturated carbocycles. The van der Waals surface area contributed by atoms with Gasteiger partial charge in [0.1, 0.15) is 5.82 Å². The second-order valence-electron chi connectivity index (χ2n) is 7.27. The lowest BCUT2D eigenvalue weighted by Gasteiger charge is -2.34. The summed E-state index contributed by atoms with van der Waals surface area (Å²) >= 11 is 0. The predicted octanol–water partition coefficient (Wildman–Crippen LogP) is 2.40. The van der Waals surface area contributed by atoms with Crippen molar-refractivity contribution in [2.75, 3.05) is 26.7 Å². The number of nitrogens with zero attached hydrogens (tertiary/aromatic N) is 4. The number of guanidine groups is 1. The number of halogens is 1. The van der Waals surface area contributed by atoms with E-state index >= 15 is 0 Å². The van der Waals surface area contributed by atoms with Crippen molar-refractivity contribution in [1.29, 1.82) is 0 Å². The maximum absolute atomic E-state index is 12.1. The molecule has 154 valence electrons. The molecule has 1 aromatic rings. The number of rotatable bonds is 7. The number of unbranched alkanes of at least 4 members (excludes halogenated alkanes) is 1. The zero-order valence-electron chi connectivity index (χ0n) is 17.1. The number of hydrogen-bond donors (Lipinski definition) is 2. The predicted molar refractivity (Wildman–Crippen MR) is 121 cm³/mol. The molecule has 2 rings (SSSR count). The summed E-state index contributed by atoms with van der Waals surface area (Å²) < 4.78 is 2.18. The van der Waals surface area contributed by atoms with Crippen molar-refractivity contribution >= 4 is 35.8 Å². The van der Waals surface area contributed by atoms with E-state index in [1.54, 1.807) is 0 Å². The first-order valence-corrected chi connectivity index (χ1v) is 9.75. The topological polar surface area (TPSA) is 74.6 Å². The summed E-state index contributed by atoms with van der Waals surface area (Å²) in [5.41, 5.74) is 0. The summed E-state index contributed by atoms with van der Waals surface area (Å²) in [6, 6.07) is 0.381. The molecule has 0 unspecified atom stereocenters. The molecule has 1 saturated heterocycles. The minimum atomic E-state index is 0. The van der Waals surface area contributed by atoms with Crippen molar-refractivity contribution in [1.82, 2.24) is 25.1 Å². The van der Waals surface area contributed by atoms with Crippen LogP contribution in [0.1, 0.15) is 45.4 Å². The van der Waals surface area contributed by atoms with Crippen LogP contribution < -0.4 is 10.6 Å². The number of carbonyl (C=O) groups is 1. The van der Waals surface area contributed by atoms with E-state index in [2.05, 4.69) is 25.2 Å². The Balaban J connectivity index is 0.00000364. The Bertz CT molecular complexity index is 593. The van der Waals surface area contributed by atoms with Gasteiger partial charge in [-0.3, -0.25) is 9.79 Å². The SMILES string of the molecule is CN=C(NCCCCn1ccnc1C)NC1CCN(C(=O)C(C)C)CC1.I. The molecule has 0 radical (unpaired) electrons. The van der Waals surface area contributed by atoms with Crippen LogP contribution in [0.2, 0.25) is 0 Å². The number of amides is 1. The third-order valence-corrected chi connectivity index (χ3v) is 4.91. The van der Waals surface area contributed by atoms with E-state index in [0.29, 0.717) is 6.04 Å². The molecule has 0 aliphatic carbocycles. The normalized spacial score (nSPS) is 15.6. The van der Waals surface area contributed by atoms with E-state index < -0.39 is 0 Å². The second kappa shape index (κ2) is 12.2. The van der Waals surface area contributed by atoms with E-state index in [1.807, 2.05) is 45.1 Å². The Morgan fingerprint density at radius 1 is 1.33 bits per heavy atom. The van der Waals surface area contributed by atoms with E-state index in [-0.39, 0.29) is 35.8 Å². The number of aliphatic imine (C=N–C) groups is 1. The van der Waals surface area contributed by atoms with Gasteiger partial charge in [0.25, 0.3) is 0 Å². The fourth-order valence-electron chi connectivity index (χ4n) is 3.25. The van der Waals surface area contributed by atoms with E-state index in [4.69, 9.17) is 0 Å². The molecule has 0 spiro atoms. The minimum Gasteiger partial charge on any atom is -0.356 e. The molecule has 0 bridgehead atoms. The molecular formula is C19H35IN6O. The third kappa shape index (κ3) is 7.67. The van der Waals surface area contributed by atoms with Gasteiger partial charge in [-0.1, -0.05) is 13.8 Å². The van der Waals surface area contributed by atoms with Crippen LogP contribution in [0.3, 0.4) is 0 Å². The molecule has 1 aliphatic rings. The van der Waals surface area contributed by atoms with Crippen molar-refractivity contribution in [2.45, 2.75) is 59.0 Å². The number of aryl methyl sites for hydroxylation is 2. The van der Waals surface area contributed by atoms with Gasteiger partial charge >= 0.3 is 0 Å². The van der Waals surface area contributed by atoms with Gasteiger partial charge in [-0.15, -0.1) is 24.0 Å². The van der Waals surface area contributed by atoms with E-state index in [1.165, 1.54) is 0 Å². The van der Waals surface area contributed by atoms with Crippen molar-refractivity contribution < 1.29 is 4.79 Å². The molecule has 1 fully saturated rings. The molecule has 1 amide bonds. The molecule has 2 N–H and O–H groups in total. The van der Waals surface area contributed by atoms with Crippen LogP contribution in [-0.4, -0.2) is 59.0 Å². The van der Waals surface area contributed by atoms with Gasteiger partial charge in [0.2, 0.25) is 5.91 Å². The van der Waals surface area contributed by atoms with Gasteiger partial charge in [-0.05, 0) is 32.6 Å². The van der Waals surface area contributed by atoms with E-state index in [0.717, 1.165) is 63.6 Å². The molecule has 1 aromatic heterocycles. The lowest BCUT2D eigenvalue weighted by Crippen LogP contribution is -2.50. The quantitative estimate of drug-likeness (QED) is 0.267. The zero-order valence-corrected chi connectivity index (χ0v) is 19.4. The highest BCUT2D eigenvalue weighted by Gasteiger charge is 2.24. The van der Waals surface area contributed by atoms with Crippen LogP contribution in [-0.2, 0) is 11.3 Å². The number of likely N-dealkylation sites (tertiary alicyclic amines) is 1. The Hall–Kier alpha value is -1.32. The van der Waals surface area contributed by atoms with Gasteiger partial charge in [0.15, 0.2) is 5.96 Å². The zero-order chi connectivity index (χ0) is 18.9. The number of carbonyl (C=O) groups excluding carboxylic acids is 1. The molecular weight excluding hydrogens is 455 g/mol. The van der Waals surface area contributed by atoms with Crippen LogP contribution in [0, 0.1) is 12.8 Å². The number of nitrogens with one attached hydrogen (secondary N) is 2. The molecule has 2 heterocycles. The average molecular weight is 490 g/mol. The van der Waals surface area contributed by atoms with Gasteiger partial charge in [-0.2, -0.15) is 0 Å². The Morgan fingerprint density at radius 3 is 2.59 bits per heavy atom. The highest BCUT2D eigenvalue weighted by molar-refractivity contribution is 14.0. The first-order chi connectivity index (χ1) is 12.5. The number of piperidine rings is 1. The van der Waals surface area contributed by atoms with Crippen molar-refractivity contribution in [3.8, 4) is 0 Å². The maximum atomic E-state index is 12.1. The maximum Gasteiger partial charge on any atom is 0.225 e. The van der Waals surface area contributed by atoms with Crippen LogP contribution >= 0.6 is 24.0 Å². The minimum absolute atomic E-state index is 0. The molecule has 27 heavy (non-hydrogen) atoms. The standard InChI is InChI=1S/C19H34N6O.HI/c1-15(2)18(26)25-12-7-17(8-13-25)23-19(20-4)22-9-5-6-11-24-14-10-21-16(24)3;/h10,14-15,17H,5-9,11-13H2,1-4H3,(H2,20,22,23);1H. The molecule has 1 aliphatic heterocycles. The van der Waals surface area contributed by atoms with Crippen molar-refractivity contribution in [2.24, 2.45) is 10.9 Å². The highest BCUT2D eigenvalue weighted by Crippen LogP contribution is 2.13. The fourth-order valence-corrected chi connectivity index (χ4v) is 3.25. The fraction of sp³-hybridized carbons (Fsp3) is 0.737. The molecule has 8 heteroatoms. The second-order valence-corrected chi connectivity index (χ2v) is 7.27. The van der Waals surface area contributed by atoms with Crippen molar-refractivity contribution in [3.63, 3.8) is 0 Å². The van der Waals surface area contributed by atoms with Gasteiger partial charge < -0.3 is 20.1 Å². The number of imidazole rings is 1. The van der Waals surface area contributed by atoms with Gasteiger partial charge in [0.05, 0.1) is 0 Å². The Morgan fingerprint density at radius 2 is 2.04 bits per heavy atom. The highest BCUT2D eigenvalue weighted by atomic mass is 127. The monoisotopic (exact) mass is 490 g/mol. The van der Waals surface area contributed by atoms with Crippen LogP contribution in [0.25, 0.3) is 0 Å². The largest absolute Gasteiger partial charge is 0.356 e.